The monoisotopic (exact) mass is 211 g/mol. The van der Waals surface area contributed by atoms with Crippen LogP contribution in [-0.4, -0.2) is 43.3 Å². The van der Waals surface area contributed by atoms with Crippen molar-refractivity contribution in [2.75, 3.05) is 32.7 Å². The number of nitrogens with one attached hydrogen (secondary N) is 1. The van der Waals surface area contributed by atoms with E-state index >= 15 is 0 Å². The first-order valence-corrected chi connectivity index (χ1v) is 4.42. The van der Waals surface area contributed by atoms with Crippen LogP contribution in [0.1, 0.15) is 10.5 Å². The first-order valence-electron chi connectivity index (χ1n) is 4.42. The Kier molecular flexibility index (Phi) is 4.49. The van der Waals surface area contributed by atoms with Crippen LogP contribution in [0.2, 0.25) is 0 Å². The molecule has 1 aromatic rings. The van der Waals surface area contributed by atoms with E-state index < -0.39 is 5.97 Å². The molecule has 6 heteroatoms. The van der Waals surface area contributed by atoms with E-state index in [1.165, 1.54) is 19.4 Å². The van der Waals surface area contributed by atoms with Crippen LogP contribution in [0.3, 0.4) is 0 Å². The first kappa shape index (κ1) is 11.4. The molecule has 82 valence electrons. The molecule has 1 rings (SSSR count). The number of ether oxygens (including phenoxy) is 2. The summed E-state index contributed by atoms with van der Waals surface area (Å²) in [6, 6.07) is 1.49. The van der Waals surface area contributed by atoms with Crippen LogP contribution in [0.25, 0.3) is 0 Å². The Morgan fingerprint density at radius 3 is 3.00 bits per heavy atom. The van der Waals surface area contributed by atoms with E-state index in [-0.39, 0.29) is 5.69 Å². The molecule has 0 spiro atoms. The molecule has 0 aromatic carbocycles. The molecule has 1 heterocycles. The van der Waals surface area contributed by atoms with Crippen molar-refractivity contribution in [2.45, 2.75) is 0 Å². The maximum atomic E-state index is 11.1. The van der Waals surface area contributed by atoms with Gasteiger partial charge in [-0.25, -0.2) is 14.8 Å². The van der Waals surface area contributed by atoms with Crippen molar-refractivity contribution in [1.29, 1.82) is 0 Å². The van der Waals surface area contributed by atoms with Gasteiger partial charge in [-0.05, 0) is 6.07 Å². The summed E-state index contributed by atoms with van der Waals surface area (Å²) in [6.07, 6.45) is 1.49. The average molecular weight is 211 g/mol. The van der Waals surface area contributed by atoms with Crippen molar-refractivity contribution in [3.8, 4) is 0 Å². The quantitative estimate of drug-likeness (QED) is 0.558. The van der Waals surface area contributed by atoms with Crippen molar-refractivity contribution in [3.63, 3.8) is 0 Å². The third-order valence-corrected chi connectivity index (χ3v) is 1.64. The molecule has 0 amide bonds. The lowest BCUT2D eigenvalue weighted by Gasteiger charge is -2.04. The summed E-state index contributed by atoms with van der Waals surface area (Å²) in [7, 11) is 2.91. The maximum absolute atomic E-state index is 11.1. The molecular weight excluding hydrogens is 198 g/mol. The Morgan fingerprint density at radius 1 is 1.53 bits per heavy atom. The van der Waals surface area contributed by atoms with Gasteiger partial charge in [0.1, 0.15) is 0 Å². The Hall–Kier alpha value is -1.69. The third-order valence-electron chi connectivity index (χ3n) is 1.64. The maximum Gasteiger partial charge on any atom is 0.356 e. The molecule has 0 atom stereocenters. The predicted octanol–water partition coefficient (Wildman–Crippen LogP) is 0.321. The highest BCUT2D eigenvalue weighted by atomic mass is 16.5. The number of methoxy groups -OCH3 is 2. The molecular formula is C9H13N3O3. The largest absolute Gasteiger partial charge is 0.464 e. The lowest BCUT2D eigenvalue weighted by atomic mass is 10.4. The number of aromatic nitrogens is 2. The summed E-state index contributed by atoms with van der Waals surface area (Å²) >= 11 is 0. The molecule has 0 saturated carbocycles. The second-order valence-electron chi connectivity index (χ2n) is 2.68. The van der Waals surface area contributed by atoms with Crippen LogP contribution < -0.4 is 5.32 Å². The van der Waals surface area contributed by atoms with Gasteiger partial charge in [-0.1, -0.05) is 0 Å². The smallest absolute Gasteiger partial charge is 0.356 e. The number of esters is 1. The number of anilines is 1. The summed E-state index contributed by atoms with van der Waals surface area (Å²) in [5, 5.41) is 2.91. The Balaban J connectivity index is 2.62. The van der Waals surface area contributed by atoms with Gasteiger partial charge in [-0.3, -0.25) is 0 Å². The van der Waals surface area contributed by atoms with Gasteiger partial charge < -0.3 is 14.8 Å². The highest BCUT2D eigenvalue weighted by molar-refractivity contribution is 5.87. The van der Waals surface area contributed by atoms with Crippen molar-refractivity contribution in [2.24, 2.45) is 0 Å². The number of nitrogens with zero attached hydrogens (tertiary/aromatic N) is 2. The number of carbonyl (C=O) groups is 1. The van der Waals surface area contributed by atoms with Crippen LogP contribution >= 0.6 is 0 Å². The Morgan fingerprint density at radius 2 is 2.33 bits per heavy atom. The fraction of sp³-hybridized carbons (Fsp3) is 0.444. The molecule has 0 saturated heterocycles. The lowest BCUT2D eigenvalue weighted by molar-refractivity contribution is 0.0594. The summed E-state index contributed by atoms with van der Waals surface area (Å²) in [5.41, 5.74) is 0.229. The molecule has 0 bridgehead atoms. The molecule has 0 aliphatic carbocycles. The molecule has 0 aliphatic rings. The highest BCUT2D eigenvalue weighted by Crippen LogP contribution is 2.01. The van der Waals surface area contributed by atoms with E-state index in [4.69, 9.17) is 4.74 Å². The second kappa shape index (κ2) is 5.92. The van der Waals surface area contributed by atoms with Crippen molar-refractivity contribution in [3.05, 3.63) is 18.0 Å². The van der Waals surface area contributed by atoms with Crippen molar-refractivity contribution in [1.82, 2.24) is 9.97 Å². The van der Waals surface area contributed by atoms with Crippen LogP contribution in [0, 0.1) is 0 Å². The van der Waals surface area contributed by atoms with Crippen LogP contribution in [0.4, 0.5) is 5.95 Å². The van der Waals surface area contributed by atoms with Gasteiger partial charge in [0.15, 0.2) is 5.69 Å². The molecule has 0 aliphatic heterocycles. The van der Waals surface area contributed by atoms with E-state index in [0.717, 1.165) is 0 Å². The van der Waals surface area contributed by atoms with E-state index in [9.17, 15) is 4.79 Å². The molecule has 0 unspecified atom stereocenters. The summed E-state index contributed by atoms with van der Waals surface area (Å²) in [5.74, 6) is -0.0952. The minimum absolute atomic E-state index is 0.229. The van der Waals surface area contributed by atoms with Crippen molar-refractivity contribution >= 4 is 11.9 Å². The van der Waals surface area contributed by atoms with Gasteiger partial charge in [0, 0.05) is 19.9 Å². The van der Waals surface area contributed by atoms with E-state index in [2.05, 4.69) is 20.0 Å². The van der Waals surface area contributed by atoms with E-state index in [1.807, 2.05) is 0 Å². The minimum Gasteiger partial charge on any atom is -0.464 e. The zero-order valence-electron chi connectivity index (χ0n) is 8.69. The summed E-state index contributed by atoms with van der Waals surface area (Å²) in [6.45, 7) is 1.13. The van der Waals surface area contributed by atoms with Gasteiger partial charge in [0.25, 0.3) is 0 Å². The normalized spacial score (nSPS) is 9.73. The highest BCUT2D eigenvalue weighted by Gasteiger charge is 2.07. The molecule has 0 radical (unpaired) electrons. The van der Waals surface area contributed by atoms with Crippen LogP contribution in [-0.2, 0) is 9.47 Å². The van der Waals surface area contributed by atoms with Gasteiger partial charge in [0.05, 0.1) is 13.7 Å². The number of hydrogen-bond acceptors (Lipinski definition) is 6. The Bertz CT molecular complexity index is 330. The average Bonchev–Trinajstić information content (AvgIpc) is 2.29. The van der Waals surface area contributed by atoms with Crippen LogP contribution in [0.5, 0.6) is 0 Å². The number of rotatable bonds is 5. The molecule has 15 heavy (non-hydrogen) atoms. The fourth-order valence-corrected chi connectivity index (χ4v) is 0.927. The van der Waals surface area contributed by atoms with Crippen molar-refractivity contribution < 1.29 is 14.3 Å². The van der Waals surface area contributed by atoms with Gasteiger partial charge in [0.2, 0.25) is 5.95 Å². The number of carbonyl (C=O) groups excluding carboxylic acids is 1. The SMILES string of the molecule is COCCNc1nccc(C(=O)OC)n1. The minimum atomic E-state index is -0.479. The van der Waals surface area contributed by atoms with E-state index in [0.29, 0.717) is 19.1 Å². The van der Waals surface area contributed by atoms with E-state index in [1.54, 1.807) is 7.11 Å². The molecule has 6 nitrogen and oxygen atoms in total. The fourth-order valence-electron chi connectivity index (χ4n) is 0.927. The third kappa shape index (κ3) is 3.51. The van der Waals surface area contributed by atoms with Crippen LogP contribution in [0.15, 0.2) is 12.3 Å². The topological polar surface area (TPSA) is 73.3 Å². The van der Waals surface area contributed by atoms with Gasteiger partial charge >= 0.3 is 5.97 Å². The van der Waals surface area contributed by atoms with Gasteiger partial charge in [-0.15, -0.1) is 0 Å². The summed E-state index contributed by atoms with van der Waals surface area (Å²) < 4.78 is 9.39. The molecule has 0 fully saturated rings. The zero-order valence-corrected chi connectivity index (χ0v) is 8.69. The predicted molar refractivity (Wildman–Crippen MR) is 53.7 cm³/mol. The van der Waals surface area contributed by atoms with Gasteiger partial charge in [-0.2, -0.15) is 0 Å². The first-order chi connectivity index (χ1) is 7.27. The zero-order chi connectivity index (χ0) is 11.1. The standard InChI is InChI=1S/C9H13N3O3/c1-14-6-5-11-9-10-4-3-7(12-9)8(13)15-2/h3-4H,5-6H2,1-2H3,(H,10,11,12). The lowest BCUT2D eigenvalue weighted by Crippen LogP contribution is -2.12. The Labute approximate surface area is 87.6 Å². The molecule has 1 aromatic heterocycles. The number of hydrogen-bond donors (Lipinski definition) is 1. The second-order valence-corrected chi connectivity index (χ2v) is 2.68. The summed E-state index contributed by atoms with van der Waals surface area (Å²) in [4.78, 5) is 19.0. The molecule has 1 N–H and O–H groups in total.